The van der Waals surface area contributed by atoms with Crippen LogP contribution in [-0.4, -0.2) is 35.7 Å². The Labute approximate surface area is 117 Å². The van der Waals surface area contributed by atoms with Crippen LogP contribution in [0.15, 0.2) is 12.1 Å². The lowest BCUT2D eigenvalue weighted by atomic mass is 10.2. The minimum absolute atomic E-state index is 0.242. The van der Waals surface area contributed by atoms with Crippen molar-refractivity contribution in [2.24, 2.45) is 0 Å². The second kappa shape index (κ2) is 5.05. The fourth-order valence-corrected chi connectivity index (χ4v) is 4.40. The number of nitrogens with one attached hydrogen (secondary N) is 1. The van der Waals surface area contributed by atoms with Crippen LogP contribution in [0.3, 0.4) is 0 Å². The normalized spacial score (nSPS) is 21.9. The van der Waals surface area contributed by atoms with Gasteiger partial charge in [-0.2, -0.15) is 4.98 Å². The molecule has 3 heterocycles. The zero-order valence-electron chi connectivity index (χ0n) is 11.3. The van der Waals surface area contributed by atoms with Gasteiger partial charge in [0.1, 0.15) is 11.1 Å². The van der Waals surface area contributed by atoms with Crippen LogP contribution in [0.5, 0.6) is 5.88 Å². The molecule has 108 valence electrons. The molecule has 1 fully saturated rings. The highest BCUT2D eigenvalue weighted by Gasteiger charge is 2.32. The van der Waals surface area contributed by atoms with Gasteiger partial charge in [-0.15, -0.1) is 0 Å². The molecule has 20 heavy (non-hydrogen) atoms. The summed E-state index contributed by atoms with van der Waals surface area (Å²) in [6.45, 7) is 2.42. The van der Waals surface area contributed by atoms with Crippen molar-refractivity contribution >= 4 is 21.0 Å². The van der Waals surface area contributed by atoms with Crippen molar-refractivity contribution in [1.82, 2.24) is 15.0 Å². The number of rotatable bonds is 3. The van der Waals surface area contributed by atoms with Crippen molar-refractivity contribution in [1.29, 1.82) is 0 Å². The minimum Gasteiger partial charge on any atom is -0.478 e. The lowest BCUT2D eigenvalue weighted by molar-refractivity contribution is 0.328. The lowest BCUT2D eigenvalue weighted by Crippen LogP contribution is -2.22. The monoisotopic (exact) mass is 295 g/mol. The molecular formula is C13H17N3O3S. The van der Waals surface area contributed by atoms with Gasteiger partial charge in [0, 0.05) is 6.07 Å². The zero-order valence-corrected chi connectivity index (χ0v) is 12.1. The summed E-state index contributed by atoms with van der Waals surface area (Å²) in [5.74, 6) is 1.25. The molecule has 1 aliphatic heterocycles. The molecule has 0 radical (unpaired) electrons. The van der Waals surface area contributed by atoms with Gasteiger partial charge < -0.3 is 9.72 Å². The van der Waals surface area contributed by atoms with Crippen molar-refractivity contribution < 1.29 is 13.2 Å². The van der Waals surface area contributed by atoms with Crippen molar-refractivity contribution in [3.8, 4) is 5.88 Å². The van der Waals surface area contributed by atoms with Crippen LogP contribution in [0.1, 0.15) is 37.3 Å². The zero-order chi connectivity index (χ0) is 14.2. The third kappa shape index (κ3) is 2.37. The van der Waals surface area contributed by atoms with Gasteiger partial charge in [0.15, 0.2) is 15.5 Å². The fourth-order valence-electron chi connectivity index (χ4n) is 2.54. The Balaban J connectivity index is 2.00. The summed E-state index contributed by atoms with van der Waals surface area (Å²) in [5, 5.41) is -0.527. The van der Waals surface area contributed by atoms with E-state index in [9.17, 15) is 8.42 Å². The van der Waals surface area contributed by atoms with E-state index in [0.717, 1.165) is 18.4 Å². The third-order valence-electron chi connectivity index (χ3n) is 3.51. The second-order valence-corrected chi connectivity index (χ2v) is 7.23. The van der Waals surface area contributed by atoms with E-state index in [0.29, 0.717) is 30.4 Å². The molecule has 1 atom stereocenters. The molecule has 0 aliphatic carbocycles. The lowest BCUT2D eigenvalue weighted by Gasteiger charge is -2.19. The van der Waals surface area contributed by atoms with Crippen LogP contribution >= 0.6 is 0 Å². The molecule has 3 rings (SSSR count). The number of sulfone groups is 1. The summed E-state index contributed by atoms with van der Waals surface area (Å²) in [5.41, 5.74) is 1.25. The van der Waals surface area contributed by atoms with Gasteiger partial charge >= 0.3 is 0 Å². The largest absolute Gasteiger partial charge is 0.478 e. The third-order valence-corrected chi connectivity index (χ3v) is 5.70. The van der Waals surface area contributed by atoms with Crippen LogP contribution < -0.4 is 4.74 Å². The standard InChI is InChI=1S/C13H17N3O3S/c1-2-19-11-7-6-9-12(15-11)16-13(14-9)10-5-3-4-8-20(10,17)18/h6-7,10H,2-5,8H2,1H3,(H,14,15,16). The van der Waals surface area contributed by atoms with Crippen molar-refractivity contribution in [2.45, 2.75) is 31.4 Å². The molecule has 0 saturated carbocycles. The number of fused-ring (bicyclic) bond motifs is 1. The van der Waals surface area contributed by atoms with Crippen molar-refractivity contribution in [3.63, 3.8) is 0 Å². The number of nitrogens with zero attached hydrogens (tertiary/aromatic N) is 2. The maximum atomic E-state index is 12.1. The SMILES string of the molecule is CCOc1ccc2[nH]c(C3CCCCS3(=O)=O)nc2n1. The molecule has 0 spiro atoms. The van der Waals surface area contributed by atoms with E-state index in [1.54, 1.807) is 6.07 Å². The first-order valence-corrected chi connectivity index (χ1v) is 8.53. The maximum absolute atomic E-state index is 12.1. The molecular weight excluding hydrogens is 278 g/mol. The molecule has 2 aromatic heterocycles. The molecule has 1 N–H and O–H groups in total. The molecule has 2 aromatic rings. The summed E-state index contributed by atoms with van der Waals surface area (Å²) < 4.78 is 29.6. The number of hydrogen-bond donors (Lipinski definition) is 1. The average Bonchev–Trinajstić information content (AvgIpc) is 2.81. The van der Waals surface area contributed by atoms with E-state index in [4.69, 9.17) is 4.74 Å². The van der Waals surface area contributed by atoms with Gasteiger partial charge in [0.05, 0.1) is 17.9 Å². The van der Waals surface area contributed by atoms with E-state index in [1.165, 1.54) is 0 Å². The Morgan fingerprint density at radius 1 is 1.35 bits per heavy atom. The molecule has 1 saturated heterocycles. The average molecular weight is 295 g/mol. The number of pyridine rings is 1. The molecule has 6 nitrogen and oxygen atoms in total. The Bertz CT molecular complexity index is 724. The van der Waals surface area contributed by atoms with E-state index >= 15 is 0 Å². The number of aromatic amines is 1. The van der Waals surface area contributed by atoms with Gasteiger partial charge in [-0.05, 0) is 25.8 Å². The van der Waals surface area contributed by atoms with E-state index in [2.05, 4.69) is 15.0 Å². The van der Waals surface area contributed by atoms with Gasteiger partial charge in [-0.3, -0.25) is 0 Å². The highest BCUT2D eigenvalue weighted by Crippen LogP contribution is 2.32. The summed E-state index contributed by atoms with van der Waals surface area (Å²) in [4.78, 5) is 11.7. The number of H-pyrrole nitrogens is 1. The smallest absolute Gasteiger partial charge is 0.215 e. The Morgan fingerprint density at radius 2 is 2.20 bits per heavy atom. The number of imidazole rings is 1. The number of hydrogen-bond acceptors (Lipinski definition) is 5. The summed E-state index contributed by atoms with van der Waals surface area (Å²) >= 11 is 0. The van der Waals surface area contributed by atoms with Gasteiger partial charge in [-0.1, -0.05) is 6.42 Å². The topological polar surface area (TPSA) is 84.9 Å². The molecule has 0 bridgehead atoms. The summed E-state index contributed by atoms with van der Waals surface area (Å²) in [6, 6.07) is 3.57. The quantitative estimate of drug-likeness (QED) is 0.936. The molecule has 7 heteroatoms. The minimum atomic E-state index is -3.10. The first-order valence-electron chi connectivity index (χ1n) is 6.81. The van der Waals surface area contributed by atoms with Crippen LogP contribution in [-0.2, 0) is 9.84 Å². The Hall–Kier alpha value is -1.63. The molecule has 1 unspecified atom stereocenters. The van der Waals surface area contributed by atoms with Gasteiger partial charge in [0.25, 0.3) is 0 Å². The second-order valence-electron chi connectivity index (χ2n) is 4.93. The van der Waals surface area contributed by atoms with Crippen LogP contribution in [0.4, 0.5) is 0 Å². The molecule has 1 aliphatic rings. The van der Waals surface area contributed by atoms with Gasteiger partial charge in [-0.25, -0.2) is 13.4 Å². The van der Waals surface area contributed by atoms with Crippen LogP contribution in [0.25, 0.3) is 11.2 Å². The van der Waals surface area contributed by atoms with E-state index < -0.39 is 15.1 Å². The van der Waals surface area contributed by atoms with E-state index in [1.807, 2.05) is 13.0 Å². The highest BCUT2D eigenvalue weighted by atomic mass is 32.2. The Kier molecular flexibility index (Phi) is 3.37. The summed E-state index contributed by atoms with van der Waals surface area (Å²) in [6.07, 6.45) is 2.28. The molecule has 0 amide bonds. The van der Waals surface area contributed by atoms with Gasteiger partial charge in [0.2, 0.25) is 5.88 Å². The number of ether oxygens (including phenoxy) is 1. The predicted octanol–water partition coefficient (Wildman–Crippen LogP) is 2.00. The van der Waals surface area contributed by atoms with Crippen molar-refractivity contribution in [2.75, 3.05) is 12.4 Å². The van der Waals surface area contributed by atoms with Crippen molar-refractivity contribution in [3.05, 3.63) is 18.0 Å². The molecule has 0 aromatic carbocycles. The van der Waals surface area contributed by atoms with Crippen LogP contribution in [0, 0.1) is 0 Å². The first kappa shape index (κ1) is 13.4. The summed E-state index contributed by atoms with van der Waals surface area (Å²) in [7, 11) is -3.10. The number of aromatic nitrogens is 3. The predicted molar refractivity (Wildman–Crippen MR) is 75.4 cm³/mol. The fraction of sp³-hybridized carbons (Fsp3) is 0.538. The van der Waals surface area contributed by atoms with Crippen LogP contribution in [0.2, 0.25) is 0 Å². The first-order chi connectivity index (χ1) is 9.60. The van der Waals surface area contributed by atoms with E-state index in [-0.39, 0.29) is 5.75 Å². The maximum Gasteiger partial charge on any atom is 0.215 e. The Morgan fingerprint density at radius 3 is 2.95 bits per heavy atom. The highest BCUT2D eigenvalue weighted by molar-refractivity contribution is 7.91.